The molecule has 5 heteroatoms. The van der Waals surface area contributed by atoms with Gasteiger partial charge in [0, 0.05) is 15.2 Å². The van der Waals surface area contributed by atoms with Crippen LogP contribution in [0.15, 0.2) is 40.9 Å². The molecule has 0 saturated heterocycles. The molecule has 19 heavy (non-hydrogen) atoms. The minimum absolute atomic E-state index is 0.236. The number of hydrogen-bond donors (Lipinski definition) is 1. The Morgan fingerprint density at radius 2 is 2.00 bits per heavy atom. The van der Waals surface area contributed by atoms with Crippen molar-refractivity contribution in [3.8, 4) is 0 Å². The molecule has 0 spiro atoms. The maximum atomic E-state index is 13.2. The van der Waals surface area contributed by atoms with E-state index in [1.807, 2.05) is 6.92 Å². The number of carbonyl (C=O) groups is 1. The monoisotopic (exact) mass is 341 g/mol. The largest absolute Gasteiger partial charge is 0.322 e. The smallest absolute Gasteiger partial charge is 0.256 e. The summed E-state index contributed by atoms with van der Waals surface area (Å²) in [5, 5.41) is 3.24. The molecule has 1 N–H and O–H groups in total. The fourth-order valence-electron chi connectivity index (χ4n) is 1.59. The molecule has 98 valence electrons. The van der Waals surface area contributed by atoms with Gasteiger partial charge in [0.2, 0.25) is 0 Å². The van der Waals surface area contributed by atoms with Gasteiger partial charge in [-0.05, 0) is 58.7 Å². The van der Waals surface area contributed by atoms with Gasteiger partial charge < -0.3 is 5.32 Å². The number of amides is 1. The average Bonchev–Trinajstić information content (AvgIpc) is 2.36. The molecule has 0 bridgehead atoms. The van der Waals surface area contributed by atoms with Gasteiger partial charge in [-0.1, -0.05) is 17.7 Å². The summed E-state index contributed by atoms with van der Waals surface area (Å²) < 4.78 is 13.7. The summed E-state index contributed by atoms with van der Waals surface area (Å²) in [4.78, 5) is 12.1. The van der Waals surface area contributed by atoms with Crippen LogP contribution < -0.4 is 5.32 Å². The lowest BCUT2D eigenvalue weighted by Crippen LogP contribution is -2.13. The van der Waals surface area contributed by atoms with E-state index in [0.717, 1.165) is 5.56 Å². The Kier molecular flexibility index (Phi) is 4.22. The average molecular weight is 343 g/mol. The number of benzene rings is 2. The highest BCUT2D eigenvalue weighted by Crippen LogP contribution is 2.23. The van der Waals surface area contributed by atoms with Crippen LogP contribution in [0.3, 0.4) is 0 Å². The molecule has 0 aromatic heterocycles. The van der Waals surface area contributed by atoms with Crippen molar-refractivity contribution in [2.45, 2.75) is 6.92 Å². The highest BCUT2D eigenvalue weighted by molar-refractivity contribution is 9.10. The Morgan fingerprint density at radius 1 is 1.26 bits per heavy atom. The molecule has 0 heterocycles. The van der Waals surface area contributed by atoms with E-state index in [1.54, 1.807) is 18.2 Å². The summed E-state index contributed by atoms with van der Waals surface area (Å²) in [6, 6.07) is 9.16. The van der Waals surface area contributed by atoms with E-state index in [4.69, 9.17) is 11.6 Å². The van der Waals surface area contributed by atoms with Crippen LogP contribution in [-0.4, -0.2) is 5.91 Å². The standard InChI is InChI=1S/C14H10BrClFNO/c1-8-2-3-9(16)6-13(8)18-14(19)11-7-10(17)4-5-12(11)15/h2-7H,1H3,(H,18,19). The molecule has 0 unspecified atom stereocenters. The fourth-order valence-corrected chi connectivity index (χ4v) is 2.19. The molecule has 0 aliphatic heterocycles. The summed E-state index contributed by atoms with van der Waals surface area (Å²) in [6.07, 6.45) is 0. The van der Waals surface area contributed by atoms with Gasteiger partial charge in [0.25, 0.3) is 5.91 Å². The molecule has 0 saturated carbocycles. The second kappa shape index (κ2) is 5.72. The predicted octanol–water partition coefficient (Wildman–Crippen LogP) is 4.80. The molecule has 0 aliphatic rings. The molecule has 2 aromatic rings. The third-order valence-electron chi connectivity index (χ3n) is 2.62. The Hall–Kier alpha value is -1.39. The third-order valence-corrected chi connectivity index (χ3v) is 3.55. The van der Waals surface area contributed by atoms with Gasteiger partial charge in [0.05, 0.1) is 5.56 Å². The van der Waals surface area contributed by atoms with Crippen LogP contribution >= 0.6 is 27.5 Å². The zero-order chi connectivity index (χ0) is 14.0. The van der Waals surface area contributed by atoms with Crippen molar-refractivity contribution in [3.05, 3.63) is 62.8 Å². The minimum atomic E-state index is -0.462. The lowest BCUT2D eigenvalue weighted by Gasteiger charge is -2.10. The van der Waals surface area contributed by atoms with Crippen LogP contribution in [0.25, 0.3) is 0 Å². The van der Waals surface area contributed by atoms with Gasteiger partial charge >= 0.3 is 0 Å². The molecule has 2 aromatic carbocycles. The van der Waals surface area contributed by atoms with Crippen LogP contribution in [-0.2, 0) is 0 Å². The molecule has 2 rings (SSSR count). The van der Waals surface area contributed by atoms with Crippen LogP contribution in [0.4, 0.5) is 10.1 Å². The van der Waals surface area contributed by atoms with Crippen molar-refractivity contribution >= 4 is 39.1 Å². The molecular weight excluding hydrogens is 333 g/mol. The van der Waals surface area contributed by atoms with Crippen molar-refractivity contribution in [2.24, 2.45) is 0 Å². The van der Waals surface area contributed by atoms with Crippen LogP contribution in [0.1, 0.15) is 15.9 Å². The maximum Gasteiger partial charge on any atom is 0.256 e. The lowest BCUT2D eigenvalue weighted by molar-refractivity contribution is 0.102. The Balaban J connectivity index is 2.30. The van der Waals surface area contributed by atoms with Crippen molar-refractivity contribution < 1.29 is 9.18 Å². The second-order valence-corrected chi connectivity index (χ2v) is 5.33. The summed E-state index contributed by atoms with van der Waals surface area (Å²) in [7, 11) is 0. The van der Waals surface area contributed by atoms with Crippen molar-refractivity contribution in [3.63, 3.8) is 0 Å². The Bertz CT molecular complexity index is 645. The first-order valence-corrected chi connectivity index (χ1v) is 6.67. The summed E-state index contributed by atoms with van der Waals surface area (Å²) in [6.45, 7) is 1.85. The van der Waals surface area contributed by atoms with Crippen LogP contribution in [0.5, 0.6) is 0 Å². The van der Waals surface area contributed by atoms with Gasteiger partial charge in [0.15, 0.2) is 0 Å². The number of rotatable bonds is 2. The number of anilines is 1. The van der Waals surface area contributed by atoms with Gasteiger partial charge in [-0.2, -0.15) is 0 Å². The number of aryl methyl sites for hydroxylation is 1. The summed E-state index contributed by atoms with van der Waals surface area (Å²) in [5.41, 5.74) is 1.72. The molecule has 0 aliphatic carbocycles. The number of hydrogen-bond acceptors (Lipinski definition) is 1. The quantitative estimate of drug-likeness (QED) is 0.834. The van der Waals surface area contributed by atoms with E-state index in [-0.39, 0.29) is 5.56 Å². The van der Waals surface area contributed by atoms with Gasteiger partial charge in [0.1, 0.15) is 5.82 Å². The van der Waals surface area contributed by atoms with Crippen molar-refractivity contribution in [2.75, 3.05) is 5.32 Å². The predicted molar refractivity (Wildman–Crippen MR) is 78.2 cm³/mol. The zero-order valence-electron chi connectivity index (χ0n) is 10.0. The van der Waals surface area contributed by atoms with Gasteiger partial charge in [-0.15, -0.1) is 0 Å². The number of halogens is 3. The first kappa shape index (κ1) is 14.0. The highest BCUT2D eigenvalue weighted by atomic mass is 79.9. The summed E-state index contributed by atoms with van der Waals surface area (Å²) in [5.74, 6) is -0.854. The van der Waals surface area contributed by atoms with E-state index < -0.39 is 11.7 Å². The molecule has 0 radical (unpaired) electrons. The Morgan fingerprint density at radius 3 is 2.74 bits per heavy atom. The molecule has 1 amide bonds. The van der Waals surface area contributed by atoms with E-state index in [1.165, 1.54) is 18.2 Å². The van der Waals surface area contributed by atoms with Crippen LogP contribution in [0.2, 0.25) is 5.02 Å². The van der Waals surface area contributed by atoms with Gasteiger partial charge in [-0.3, -0.25) is 4.79 Å². The highest BCUT2D eigenvalue weighted by Gasteiger charge is 2.12. The van der Waals surface area contributed by atoms with Gasteiger partial charge in [-0.25, -0.2) is 4.39 Å². The van der Waals surface area contributed by atoms with Crippen LogP contribution in [0, 0.1) is 12.7 Å². The zero-order valence-corrected chi connectivity index (χ0v) is 12.3. The first-order chi connectivity index (χ1) is 8.97. The topological polar surface area (TPSA) is 29.1 Å². The SMILES string of the molecule is Cc1ccc(Cl)cc1NC(=O)c1cc(F)ccc1Br. The maximum absolute atomic E-state index is 13.2. The van der Waals surface area contributed by atoms with Crippen molar-refractivity contribution in [1.29, 1.82) is 0 Å². The van der Waals surface area contributed by atoms with E-state index in [0.29, 0.717) is 15.2 Å². The third kappa shape index (κ3) is 3.33. The van der Waals surface area contributed by atoms with Crippen molar-refractivity contribution in [1.82, 2.24) is 0 Å². The van der Waals surface area contributed by atoms with E-state index in [2.05, 4.69) is 21.2 Å². The number of carbonyl (C=O) groups excluding carboxylic acids is 1. The second-order valence-electron chi connectivity index (χ2n) is 4.04. The molecule has 2 nitrogen and oxygen atoms in total. The molecule has 0 fully saturated rings. The van der Waals surface area contributed by atoms with E-state index >= 15 is 0 Å². The fraction of sp³-hybridized carbons (Fsp3) is 0.0714. The minimum Gasteiger partial charge on any atom is -0.322 e. The Labute approximate surface area is 123 Å². The molecule has 0 atom stereocenters. The van der Waals surface area contributed by atoms with E-state index in [9.17, 15) is 9.18 Å². The number of nitrogens with one attached hydrogen (secondary N) is 1. The molecular formula is C14H10BrClFNO. The first-order valence-electron chi connectivity index (χ1n) is 5.50. The normalized spacial score (nSPS) is 10.3. The lowest BCUT2D eigenvalue weighted by atomic mass is 10.1. The summed E-state index contributed by atoms with van der Waals surface area (Å²) >= 11 is 9.11.